The number of nitrogens with one attached hydrogen (secondary N) is 2. The molecule has 0 fully saturated rings. The minimum absolute atomic E-state index is 0.0635. The zero-order valence-corrected chi connectivity index (χ0v) is 15.4. The molecule has 124 valence electrons. The van der Waals surface area contributed by atoms with Gasteiger partial charge in [0.2, 0.25) is 0 Å². The number of amides is 2. The number of thioether (sulfide) groups is 2. The molecular formula is C17H22N2OS3. The maximum Gasteiger partial charge on any atom is 0.314 e. The smallest absolute Gasteiger partial charge is 0.314 e. The average molecular weight is 367 g/mol. The average Bonchev–Trinajstić information content (AvgIpc) is 3.08. The number of carbonyl (C=O) groups is 1. The molecule has 6 heteroatoms. The van der Waals surface area contributed by atoms with Gasteiger partial charge in [-0.05, 0) is 35.8 Å². The Balaban J connectivity index is 1.41. The maximum atomic E-state index is 11.6. The van der Waals surface area contributed by atoms with E-state index in [2.05, 4.69) is 40.3 Å². The highest BCUT2D eigenvalue weighted by Crippen LogP contribution is 2.17. The number of carbonyl (C=O) groups excluding carboxylic acids is 1. The summed E-state index contributed by atoms with van der Waals surface area (Å²) in [5.74, 6) is 2.98. The molecule has 0 spiro atoms. The van der Waals surface area contributed by atoms with Crippen molar-refractivity contribution in [2.75, 3.05) is 24.6 Å². The first-order valence-corrected chi connectivity index (χ1v) is 10.7. The minimum Gasteiger partial charge on any atom is -0.338 e. The molecule has 0 bridgehead atoms. The first-order valence-electron chi connectivity index (χ1n) is 7.64. The summed E-state index contributed by atoms with van der Waals surface area (Å²) in [4.78, 5) is 14.3. The van der Waals surface area contributed by atoms with Gasteiger partial charge in [0.05, 0.1) is 0 Å². The van der Waals surface area contributed by atoms with E-state index < -0.39 is 0 Å². The van der Waals surface area contributed by atoms with Crippen LogP contribution in [-0.4, -0.2) is 30.6 Å². The summed E-state index contributed by atoms with van der Waals surface area (Å²) in [6.45, 7) is 1.43. The van der Waals surface area contributed by atoms with Crippen LogP contribution in [0.2, 0.25) is 0 Å². The van der Waals surface area contributed by atoms with E-state index >= 15 is 0 Å². The topological polar surface area (TPSA) is 41.1 Å². The number of urea groups is 1. The Morgan fingerprint density at radius 3 is 2.61 bits per heavy atom. The lowest BCUT2D eigenvalue weighted by Crippen LogP contribution is -2.37. The van der Waals surface area contributed by atoms with Crippen molar-refractivity contribution in [3.05, 3.63) is 52.7 Å². The maximum absolute atomic E-state index is 11.6. The summed E-state index contributed by atoms with van der Waals surface area (Å²) in [5, 5.41) is 7.89. The van der Waals surface area contributed by atoms with E-state index in [0.29, 0.717) is 13.1 Å². The van der Waals surface area contributed by atoms with Crippen LogP contribution >= 0.6 is 34.9 Å². The monoisotopic (exact) mass is 366 g/mol. The van der Waals surface area contributed by atoms with Crippen molar-refractivity contribution < 1.29 is 4.79 Å². The molecule has 2 N–H and O–H groups in total. The molecule has 23 heavy (non-hydrogen) atoms. The molecular weight excluding hydrogens is 344 g/mol. The largest absolute Gasteiger partial charge is 0.338 e. The van der Waals surface area contributed by atoms with Crippen LogP contribution in [0.5, 0.6) is 0 Å². The first-order chi connectivity index (χ1) is 11.3. The van der Waals surface area contributed by atoms with Gasteiger partial charge in [-0.2, -0.15) is 11.8 Å². The van der Waals surface area contributed by atoms with E-state index in [4.69, 9.17) is 0 Å². The van der Waals surface area contributed by atoms with Crippen LogP contribution in [0.25, 0.3) is 0 Å². The summed E-state index contributed by atoms with van der Waals surface area (Å²) in [6, 6.07) is 14.5. The number of thiophene rings is 1. The van der Waals surface area contributed by atoms with Crippen molar-refractivity contribution >= 4 is 40.9 Å². The lowest BCUT2D eigenvalue weighted by atomic mass is 10.4. The summed E-state index contributed by atoms with van der Waals surface area (Å²) in [5.41, 5.74) is 0. The van der Waals surface area contributed by atoms with Crippen molar-refractivity contribution in [2.45, 2.75) is 17.1 Å². The van der Waals surface area contributed by atoms with E-state index in [-0.39, 0.29) is 6.03 Å². The molecule has 0 aliphatic heterocycles. The fourth-order valence-electron chi connectivity index (χ4n) is 1.85. The predicted octanol–water partition coefficient (Wildman–Crippen LogP) is 4.46. The van der Waals surface area contributed by atoms with Gasteiger partial charge in [-0.15, -0.1) is 23.1 Å². The molecule has 2 amide bonds. The SMILES string of the molecule is O=C(NCCCSc1ccccc1)NCCSCc1cccs1. The van der Waals surface area contributed by atoms with Gasteiger partial charge in [0.1, 0.15) is 0 Å². The van der Waals surface area contributed by atoms with Gasteiger partial charge < -0.3 is 10.6 Å². The van der Waals surface area contributed by atoms with Gasteiger partial charge in [-0.25, -0.2) is 4.79 Å². The van der Waals surface area contributed by atoms with Crippen molar-refractivity contribution in [1.29, 1.82) is 0 Å². The Hall–Kier alpha value is -1.11. The second-order valence-electron chi connectivity index (χ2n) is 4.83. The third-order valence-corrected chi connectivity index (χ3v) is 6.14. The summed E-state index contributed by atoms with van der Waals surface area (Å²) in [7, 11) is 0. The molecule has 1 aromatic heterocycles. The standard InChI is InChI=1S/C17H22N2OS3/c20-17(19-10-13-21-14-16-8-4-11-23-16)18-9-5-12-22-15-6-2-1-3-7-15/h1-4,6-8,11H,5,9-10,12-14H2,(H2,18,19,20). The Labute approximate surface area is 150 Å². The van der Waals surface area contributed by atoms with Crippen molar-refractivity contribution in [3.8, 4) is 0 Å². The highest BCUT2D eigenvalue weighted by molar-refractivity contribution is 7.99. The van der Waals surface area contributed by atoms with Gasteiger partial charge in [-0.1, -0.05) is 24.3 Å². The lowest BCUT2D eigenvalue weighted by Gasteiger charge is -2.07. The van der Waals surface area contributed by atoms with E-state index in [9.17, 15) is 4.79 Å². The Bertz CT molecular complexity index is 546. The fourth-order valence-corrected chi connectivity index (χ4v) is 4.42. The molecule has 0 radical (unpaired) electrons. The lowest BCUT2D eigenvalue weighted by molar-refractivity contribution is 0.241. The van der Waals surface area contributed by atoms with Crippen LogP contribution in [0.1, 0.15) is 11.3 Å². The third kappa shape index (κ3) is 8.34. The van der Waals surface area contributed by atoms with E-state index in [0.717, 1.165) is 23.7 Å². The molecule has 0 atom stereocenters. The van der Waals surface area contributed by atoms with Crippen LogP contribution < -0.4 is 10.6 Å². The summed E-state index contributed by atoms with van der Waals surface area (Å²) < 4.78 is 0. The Morgan fingerprint density at radius 1 is 1.00 bits per heavy atom. The quantitative estimate of drug-likeness (QED) is 0.482. The van der Waals surface area contributed by atoms with Crippen molar-refractivity contribution in [3.63, 3.8) is 0 Å². The van der Waals surface area contributed by atoms with Crippen LogP contribution in [0.15, 0.2) is 52.7 Å². The zero-order valence-electron chi connectivity index (χ0n) is 13.0. The zero-order chi connectivity index (χ0) is 16.2. The van der Waals surface area contributed by atoms with Crippen LogP contribution in [0.4, 0.5) is 4.79 Å². The van der Waals surface area contributed by atoms with E-state index in [1.54, 1.807) is 11.3 Å². The number of rotatable bonds is 10. The van der Waals surface area contributed by atoms with Crippen molar-refractivity contribution in [1.82, 2.24) is 10.6 Å². The van der Waals surface area contributed by atoms with Crippen LogP contribution in [0.3, 0.4) is 0 Å². The Kier molecular flexibility index (Phi) is 9.06. The fraction of sp³-hybridized carbons (Fsp3) is 0.353. The van der Waals surface area contributed by atoms with Gasteiger partial charge in [-0.3, -0.25) is 0 Å². The molecule has 2 aromatic rings. The molecule has 1 heterocycles. The molecule has 0 aliphatic carbocycles. The third-order valence-electron chi connectivity index (χ3n) is 2.97. The normalized spacial score (nSPS) is 10.4. The number of hydrogen-bond donors (Lipinski definition) is 2. The second-order valence-corrected chi connectivity index (χ2v) is 8.14. The molecule has 1 aromatic carbocycles. The van der Waals surface area contributed by atoms with Crippen LogP contribution in [0, 0.1) is 0 Å². The number of benzene rings is 1. The van der Waals surface area contributed by atoms with Gasteiger partial charge in [0.25, 0.3) is 0 Å². The van der Waals surface area contributed by atoms with Crippen LogP contribution in [-0.2, 0) is 5.75 Å². The predicted molar refractivity (Wildman–Crippen MR) is 104 cm³/mol. The minimum atomic E-state index is -0.0635. The van der Waals surface area contributed by atoms with E-state index in [1.807, 2.05) is 41.7 Å². The molecule has 0 aliphatic rings. The molecule has 0 unspecified atom stereocenters. The van der Waals surface area contributed by atoms with Crippen molar-refractivity contribution in [2.24, 2.45) is 0 Å². The first kappa shape index (κ1) is 18.2. The number of hydrogen-bond acceptors (Lipinski definition) is 4. The summed E-state index contributed by atoms with van der Waals surface area (Å²) >= 11 is 5.45. The molecule has 3 nitrogen and oxygen atoms in total. The van der Waals surface area contributed by atoms with E-state index in [1.165, 1.54) is 9.77 Å². The summed E-state index contributed by atoms with van der Waals surface area (Å²) in [6.07, 6.45) is 0.972. The highest BCUT2D eigenvalue weighted by Gasteiger charge is 2.00. The molecule has 0 saturated carbocycles. The Morgan fingerprint density at radius 2 is 1.83 bits per heavy atom. The van der Waals surface area contributed by atoms with Gasteiger partial charge in [0, 0.05) is 34.4 Å². The highest BCUT2D eigenvalue weighted by atomic mass is 32.2. The molecule has 2 rings (SSSR count). The second kappa shape index (κ2) is 11.4. The van der Waals surface area contributed by atoms with Gasteiger partial charge in [0.15, 0.2) is 0 Å². The van der Waals surface area contributed by atoms with Gasteiger partial charge >= 0.3 is 6.03 Å². The molecule has 0 saturated heterocycles.